The number of hydrogen-bond acceptors (Lipinski definition) is 2. The highest BCUT2D eigenvalue weighted by atomic mass is 35.5. The zero-order valence-electron chi connectivity index (χ0n) is 14.6. The number of rotatable bonds is 2. The molecule has 142 valence electrons. The zero-order valence-corrected chi connectivity index (χ0v) is 17.8. The van der Waals surface area contributed by atoms with Crippen LogP contribution in [-0.2, 0) is 0 Å². The van der Waals surface area contributed by atoms with Gasteiger partial charge >= 0.3 is 0 Å². The normalized spacial score (nSPS) is 14.4. The maximum atomic E-state index is 5.93. The second-order valence-corrected chi connectivity index (χ2v) is 7.85. The van der Waals surface area contributed by atoms with Gasteiger partial charge in [0, 0.05) is 47.6 Å². The summed E-state index contributed by atoms with van der Waals surface area (Å²) in [4.78, 5) is 4.35. The van der Waals surface area contributed by atoms with Gasteiger partial charge in [-0.2, -0.15) is 0 Å². The topological polar surface area (TPSA) is 30.5 Å². The summed E-state index contributed by atoms with van der Waals surface area (Å²) in [7, 11) is 0. The molecule has 0 amide bonds. The van der Waals surface area contributed by atoms with Gasteiger partial charge in [-0.05, 0) is 79.4 Å². The van der Waals surface area contributed by atoms with Crippen LogP contribution in [0, 0.1) is 0 Å². The predicted octanol–water partition coefficient (Wildman–Crippen LogP) is 5.09. The van der Waals surface area contributed by atoms with E-state index in [9.17, 15) is 0 Å². The van der Waals surface area contributed by atoms with Crippen molar-refractivity contribution in [2.24, 2.45) is 0 Å². The van der Waals surface area contributed by atoms with E-state index in [2.05, 4.69) is 20.4 Å². The molecule has 0 atom stereocenters. The van der Waals surface area contributed by atoms with E-state index in [4.69, 9.17) is 47.6 Å². The number of benzene rings is 2. The minimum absolute atomic E-state index is 0.707. The molecule has 0 aliphatic carbocycles. The van der Waals surface area contributed by atoms with Crippen LogP contribution in [0.15, 0.2) is 48.5 Å². The fourth-order valence-corrected chi connectivity index (χ4v) is 3.65. The van der Waals surface area contributed by atoms with Crippen molar-refractivity contribution in [1.29, 1.82) is 0 Å². The first-order chi connectivity index (χ1) is 13.0. The fraction of sp³-hybridized carbons (Fsp3) is 0.263. The third-order valence-corrected chi connectivity index (χ3v) is 5.49. The highest BCUT2D eigenvalue weighted by molar-refractivity contribution is 7.80. The minimum Gasteiger partial charge on any atom is -0.347 e. The minimum atomic E-state index is 0.707. The van der Waals surface area contributed by atoms with Gasteiger partial charge in [-0.15, -0.1) is 0 Å². The second-order valence-electron chi connectivity index (χ2n) is 6.20. The standard InChI is InChI=1S/C19H20Cl2N4S2/c20-14-2-6-16(7-3-14)22-18(26)24-10-1-11-25(13-12-24)19(27)23-17-8-4-15(21)5-9-17/h2-9H,1,10-13H2,(H,22,26)(H,23,27). The maximum Gasteiger partial charge on any atom is 0.173 e. The largest absolute Gasteiger partial charge is 0.347 e. The lowest BCUT2D eigenvalue weighted by Crippen LogP contribution is -2.40. The Morgan fingerprint density at radius 3 is 1.41 bits per heavy atom. The van der Waals surface area contributed by atoms with Crippen molar-refractivity contribution in [1.82, 2.24) is 9.80 Å². The van der Waals surface area contributed by atoms with Gasteiger partial charge in [-0.3, -0.25) is 0 Å². The molecule has 1 saturated heterocycles. The van der Waals surface area contributed by atoms with Crippen LogP contribution in [0.3, 0.4) is 0 Å². The molecule has 0 aromatic heterocycles. The SMILES string of the molecule is S=C(Nc1ccc(Cl)cc1)N1CCCN(C(=S)Nc2ccc(Cl)cc2)CC1. The summed E-state index contributed by atoms with van der Waals surface area (Å²) >= 11 is 23.0. The fourth-order valence-electron chi connectivity index (χ4n) is 2.80. The zero-order chi connectivity index (χ0) is 19.2. The van der Waals surface area contributed by atoms with Crippen molar-refractivity contribution in [3.05, 3.63) is 58.6 Å². The van der Waals surface area contributed by atoms with E-state index in [0.29, 0.717) is 10.0 Å². The third-order valence-electron chi connectivity index (χ3n) is 4.26. The molecule has 0 bridgehead atoms. The predicted molar refractivity (Wildman–Crippen MR) is 123 cm³/mol. The van der Waals surface area contributed by atoms with Crippen LogP contribution < -0.4 is 10.6 Å². The average Bonchev–Trinajstić information content (AvgIpc) is 2.92. The Kier molecular flexibility index (Phi) is 7.13. The molecule has 0 saturated carbocycles. The molecule has 0 radical (unpaired) electrons. The van der Waals surface area contributed by atoms with Crippen molar-refractivity contribution in [2.75, 3.05) is 36.8 Å². The van der Waals surface area contributed by atoms with Crippen LogP contribution in [0.1, 0.15) is 6.42 Å². The summed E-state index contributed by atoms with van der Waals surface area (Å²) in [6.07, 6.45) is 0.977. The van der Waals surface area contributed by atoms with Gasteiger partial charge in [-0.1, -0.05) is 23.2 Å². The lowest BCUT2D eigenvalue weighted by Gasteiger charge is -2.26. The summed E-state index contributed by atoms with van der Waals surface area (Å²) in [6, 6.07) is 15.1. The Bertz CT molecular complexity index is 729. The molecule has 27 heavy (non-hydrogen) atoms. The maximum absolute atomic E-state index is 5.93. The number of nitrogens with one attached hydrogen (secondary N) is 2. The van der Waals surface area contributed by atoms with Crippen molar-refractivity contribution in [3.8, 4) is 0 Å². The quantitative estimate of drug-likeness (QED) is 0.634. The van der Waals surface area contributed by atoms with Crippen LogP contribution >= 0.6 is 47.6 Å². The molecule has 2 aromatic carbocycles. The first-order valence-electron chi connectivity index (χ1n) is 8.64. The third kappa shape index (κ3) is 5.94. The van der Waals surface area contributed by atoms with E-state index >= 15 is 0 Å². The second kappa shape index (κ2) is 9.55. The van der Waals surface area contributed by atoms with Gasteiger partial charge < -0.3 is 20.4 Å². The van der Waals surface area contributed by atoms with Gasteiger partial charge in [0.15, 0.2) is 10.2 Å². The first-order valence-corrected chi connectivity index (χ1v) is 10.2. The van der Waals surface area contributed by atoms with Crippen LogP contribution in [0.25, 0.3) is 0 Å². The molecule has 0 spiro atoms. The highest BCUT2D eigenvalue weighted by Gasteiger charge is 2.18. The van der Waals surface area contributed by atoms with Crippen LogP contribution in [0.2, 0.25) is 10.0 Å². The van der Waals surface area contributed by atoms with Crippen LogP contribution in [0.5, 0.6) is 0 Å². The van der Waals surface area contributed by atoms with Gasteiger partial charge in [-0.25, -0.2) is 0 Å². The molecule has 2 N–H and O–H groups in total. The van der Waals surface area contributed by atoms with E-state index in [1.54, 1.807) is 0 Å². The van der Waals surface area contributed by atoms with Crippen molar-refractivity contribution in [2.45, 2.75) is 6.42 Å². The first kappa shape index (κ1) is 20.1. The molecule has 1 fully saturated rings. The van der Waals surface area contributed by atoms with Gasteiger partial charge in [0.1, 0.15) is 0 Å². The Hall–Kier alpha value is -1.60. The molecule has 0 unspecified atom stereocenters. The Balaban J connectivity index is 1.53. The Labute approximate surface area is 180 Å². The number of anilines is 2. The molecule has 2 aromatic rings. The van der Waals surface area contributed by atoms with Crippen molar-refractivity contribution < 1.29 is 0 Å². The van der Waals surface area contributed by atoms with E-state index in [0.717, 1.165) is 54.2 Å². The van der Waals surface area contributed by atoms with Crippen LogP contribution in [0.4, 0.5) is 11.4 Å². The summed E-state index contributed by atoms with van der Waals surface area (Å²) in [5.74, 6) is 0. The Morgan fingerprint density at radius 1 is 0.667 bits per heavy atom. The van der Waals surface area contributed by atoms with E-state index in [1.165, 1.54) is 0 Å². The highest BCUT2D eigenvalue weighted by Crippen LogP contribution is 2.16. The summed E-state index contributed by atoms with van der Waals surface area (Å²) in [5, 5.41) is 9.40. The van der Waals surface area contributed by atoms with Gasteiger partial charge in [0.2, 0.25) is 0 Å². The summed E-state index contributed by atoms with van der Waals surface area (Å²) in [6.45, 7) is 3.39. The molecular weight excluding hydrogens is 419 g/mol. The van der Waals surface area contributed by atoms with Gasteiger partial charge in [0.25, 0.3) is 0 Å². The van der Waals surface area contributed by atoms with Gasteiger partial charge in [0.05, 0.1) is 0 Å². The van der Waals surface area contributed by atoms with E-state index in [1.807, 2.05) is 48.5 Å². The van der Waals surface area contributed by atoms with E-state index in [-0.39, 0.29) is 0 Å². The summed E-state index contributed by atoms with van der Waals surface area (Å²) in [5.41, 5.74) is 1.87. The molecular formula is C19H20Cl2N4S2. The molecule has 1 heterocycles. The molecule has 4 nitrogen and oxygen atoms in total. The Morgan fingerprint density at radius 2 is 1.04 bits per heavy atom. The van der Waals surface area contributed by atoms with E-state index < -0.39 is 0 Å². The number of nitrogens with zero attached hydrogens (tertiary/aromatic N) is 2. The van der Waals surface area contributed by atoms with Crippen LogP contribution in [-0.4, -0.2) is 46.2 Å². The summed E-state index contributed by atoms with van der Waals surface area (Å²) < 4.78 is 0. The van der Waals surface area contributed by atoms with Crippen molar-refractivity contribution >= 4 is 69.2 Å². The average molecular weight is 439 g/mol. The number of thiocarbonyl (C=S) groups is 2. The lowest BCUT2D eigenvalue weighted by atomic mass is 10.3. The lowest BCUT2D eigenvalue weighted by molar-refractivity contribution is 0.418. The number of hydrogen-bond donors (Lipinski definition) is 2. The van der Waals surface area contributed by atoms with Crippen molar-refractivity contribution in [3.63, 3.8) is 0 Å². The molecule has 8 heteroatoms. The molecule has 3 rings (SSSR count). The monoisotopic (exact) mass is 438 g/mol. The number of halogens is 2. The molecule has 1 aliphatic rings. The molecule has 1 aliphatic heterocycles. The smallest absolute Gasteiger partial charge is 0.173 e.